The lowest BCUT2D eigenvalue weighted by Gasteiger charge is -2.62. The van der Waals surface area contributed by atoms with Gasteiger partial charge in [-0.3, -0.25) is 4.79 Å². The van der Waals surface area contributed by atoms with Crippen molar-refractivity contribution in [2.45, 2.75) is 105 Å². The van der Waals surface area contributed by atoms with Gasteiger partial charge in [0.1, 0.15) is 0 Å². The zero-order valence-electron chi connectivity index (χ0n) is 22.6. The summed E-state index contributed by atoms with van der Waals surface area (Å²) in [5.74, 6) is 2.83. The first-order valence-corrected chi connectivity index (χ1v) is 14.0. The van der Waals surface area contributed by atoms with Crippen molar-refractivity contribution >= 4 is 5.78 Å². The molecule has 5 aliphatic carbocycles. The first kappa shape index (κ1) is 23.5. The van der Waals surface area contributed by atoms with Crippen molar-refractivity contribution in [1.82, 2.24) is 0 Å². The molecule has 3 heteroatoms. The van der Waals surface area contributed by atoms with E-state index in [9.17, 15) is 4.79 Å². The third-order valence-electron chi connectivity index (χ3n) is 12.9. The SMILES string of the molecule is CO[C@H]1O[C@@H](C=C(C)C)C[C@@H]1[C@H]1CC[C@@]2(C)[C@@H]3CC[C@H]4C(C)(C)C(=O)C=C[C@@]45C[C@@]35CC[C@]12C. The molecule has 0 bridgehead atoms. The molecule has 2 spiro atoms. The van der Waals surface area contributed by atoms with E-state index in [0.717, 1.165) is 12.3 Å². The number of hydrogen-bond donors (Lipinski definition) is 0. The van der Waals surface area contributed by atoms with Gasteiger partial charge in [0.2, 0.25) is 0 Å². The fourth-order valence-electron chi connectivity index (χ4n) is 11.1. The molecule has 34 heavy (non-hydrogen) atoms. The summed E-state index contributed by atoms with van der Waals surface area (Å²) in [5.41, 5.74) is 2.57. The lowest BCUT2D eigenvalue weighted by molar-refractivity contribution is -0.162. The molecule has 0 aromatic rings. The minimum Gasteiger partial charge on any atom is -0.356 e. The Kier molecular flexibility index (Phi) is 4.90. The summed E-state index contributed by atoms with van der Waals surface area (Å²) in [5, 5.41) is 0. The van der Waals surface area contributed by atoms with Crippen LogP contribution in [0.3, 0.4) is 0 Å². The topological polar surface area (TPSA) is 35.5 Å². The van der Waals surface area contributed by atoms with Crippen LogP contribution in [0.15, 0.2) is 23.8 Å². The smallest absolute Gasteiger partial charge is 0.161 e. The van der Waals surface area contributed by atoms with E-state index in [1.807, 2.05) is 13.2 Å². The normalized spacial score (nSPS) is 54.6. The molecule has 1 heterocycles. The number of fused-ring (bicyclic) bond motifs is 2. The van der Waals surface area contributed by atoms with Crippen molar-refractivity contribution in [1.29, 1.82) is 0 Å². The molecule has 10 atom stereocenters. The van der Waals surface area contributed by atoms with E-state index in [4.69, 9.17) is 9.47 Å². The molecule has 5 fully saturated rings. The average Bonchev–Trinajstić information content (AvgIpc) is 3.14. The molecule has 0 amide bonds. The second kappa shape index (κ2) is 7.09. The predicted octanol–water partition coefficient (Wildman–Crippen LogP) is 7.11. The van der Waals surface area contributed by atoms with Gasteiger partial charge >= 0.3 is 0 Å². The monoisotopic (exact) mass is 466 g/mol. The van der Waals surface area contributed by atoms with Gasteiger partial charge in [-0.05, 0) is 111 Å². The van der Waals surface area contributed by atoms with E-state index in [0.29, 0.717) is 39.8 Å². The Morgan fingerprint density at radius 2 is 1.76 bits per heavy atom. The van der Waals surface area contributed by atoms with Crippen LogP contribution in [0.1, 0.15) is 92.9 Å². The van der Waals surface area contributed by atoms with Crippen LogP contribution in [0, 0.1) is 50.7 Å². The largest absolute Gasteiger partial charge is 0.356 e. The first-order chi connectivity index (χ1) is 15.9. The van der Waals surface area contributed by atoms with Crippen molar-refractivity contribution in [3.63, 3.8) is 0 Å². The zero-order valence-corrected chi connectivity index (χ0v) is 22.6. The van der Waals surface area contributed by atoms with Crippen molar-refractivity contribution in [2.75, 3.05) is 7.11 Å². The third kappa shape index (κ3) is 2.64. The number of allylic oxidation sites excluding steroid dienone is 3. The van der Waals surface area contributed by atoms with Crippen LogP contribution < -0.4 is 0 Å². The summed E-state index contributed by atoms with van der Waals surface area (Å²) in [6.45, 7) is 14.1. The molecule has 6 aliphatic rings. The second-order valence-corrected chi connectivity index (χ2v) is 14.4. The summed E-state index contributed by atoms with van der Waals surface area (Å²) in [6, 6.07) is 0. The summed E-state index contributed by atoms with van der Waals surface area (Å²) < 4.78 is 12.4. The van der Waals surface area contributed by atoms with Crippen LogP contribution in [-0.2, 0) is 14.3 Å². The van der Waals surface area contributed by atoms with Crippen molar-refractivity contribution in [3.05, 3.63) is 23.8 Å². The Morgan fingerprint density at radius 3 is 2.47 bits per heavy atom. The van der Waals surface area contributed by atoms with E-state index in [1.165, 1.54) is 50.5 Å². The number of ketones is 1. The fourth-order valence-corrected chi connectivity index (χ4v) is 11.1. The van der Waals surface area contributed by atoms with Crippen LogP contribution in [0.4, 0.5) is 0 Å². The Bertz CT molecular complexity index is 958. The molecule has 4 saturated carbocycles. The highest BCUT2D eigenvalue weighted by atomic mass is 16.7. The lowest BCUT2D eigenvalue weighted by atomic mass is 9.42. The minimum atomic E-state index is -0.199. The molecule has 0 N–H and O–H groups in total. The molecule has 188 valence electrons. The maximum Gasteiger partial charge on any atom is 0.161 e. The van der Waals surface area contributed by atoms with Gasteiger partial charge in [-0.25, -0.2) is 0 Å². The van der Waals surface area contributed by atoms with E-state index in [-0.39, 0.29) is 23.2 Å². The summed E-state index contributed by atoms with van der Waals surface area (Å²) >= 11 is 0. The predicted molar refractivity (Wildman–Crippen MR) is 135 cm³/mol. The Morgan fingerprint density at radius 1 is 1.03 bits per heavy atom. The van der Waals surface area contributed by atoms with E-state index in [1.54, 1.807) is 0 Å². The lowest BCUT2D eigenvalue weighted by Crippen LogP contribution is -2.56. The number of hydrogen-bond acceptors (Lipinski definition) is 3. The van der Waals surface area contributed by atoms with Gasteiger partial charge in [-0.1, -0.05) is 45.4 Å². The standard InChI is InChI=1S/C31H46O3/c1-19(2)16-20-17-21(26(33-7)34-20)22-10-12-29(6)24-9-8-23-27(3,4)25(32)11-13-30(23)18-31(24,30)15-14-28(22,29)5/h11,13,16,20-24,26H,8-10,12,14-15,17-18H2,1-7H3/t20-,21+,22+,23-,24-,26-,28+,29-,30+,31-/m0/s1. The van der Waals surface area contributed by atoms with E-state index in [2.05, 4.69) is 53.7 Å². The van der Waals surface area contributed by atoms with Gasteiger partial charge in [0.15, 0.2) is 12.1 Å². The number of carbonyl (C=O) groups excluding carboxylic acids is 1. The van der Waals surface area contributed by atoms with E-state index < -0.39 is 0 Å². The number of carbonyl (C=O) groups is 1. The van der Waals surface area contributed by atoms with Gasteiger partial charge in [0, 0.05) is 18.4 Å². The molecule has 1 aliphatic heterocycles. The Hall–Kier alpha value is -0.930. The maximum absolute atomic E-state index is 12.8. The van der Waals surface area contributed by atoms with Gasteiger partial charge in [-0.15, -0.1) is 0 Å². The van der Waals surface area contributed by atoms with Gasteiger partial charge in [-0.2, -0.15) is 0 Å². The number of methoxy groups -OCH3 is 1. The Balaban J connectivity index is 1.32. The quantitative estimate of drug-likeness (QED) is 0.416. The molecule has 6 rings (SSSR count). The van der Waals surface area contributed by atoms with Crippen LogP contribution in [0.5, 0.6) is 0 Å². The molecule has 0 aromatic carbocycles. The number of rotatable bonds is 3. The minimum absolute atomic E-state index is 0.0724. The highest BCUT2D eigenvalue weighted by Crippen LogP contribution is 2.88. The van der Waals surface area contributed by atoms with Crippen LogP contribution in [0.2, 0.25) is 0 Å². The average molecular weight is 467 g/mol. The summed E-state index contributed by atoms with van der Waals surface area (Å²) in [6.07, 6.45) is 17.1. The van der Waals surface area contributed by atoms with E-state index >= 15 is 0 Å². The molecular formula is C31H46O3. The highest BCUT2D eigenvalue weighted by molar-refractivity contribution is 5.96. The van der Waals surface area contributed by atoms with Gasteiger partial charge in [0.05, 0.1) is 6.10 Å². The molecular weight excluding hydrogens is 420 g/mol. The van der Waals surface area contributed by atoms with Crippen LogP contribution in [-0.4, -0.2) is 25.3 Å². The Labute approximate surface area is 207 Å². The molecule has 3 nitrogen and oxygen atoms in total. The highest BCUT2D eigenvalue weighted by Gasteiger charge is 2.81. The number of ether oxygens (including phenoxy) is 2. The third-order valence-corrected chi connectivity index (χ3v) is 12.9. The summed E-state index contributed by atoms with van der Waals surface area (Å²) in [7, 11) is 1.84. The molecule has 0 unspecified atom stereocenters. The summed E-state index contributed by atoms with van der Waals surface area (Å²) in [4.78, 5) is 12.8. The maximum atomic E-state index is 12.8. The first-order valence-electron chi connectivity index (χ1n) is 14.0. The zero-order chi connectivity index (χ0) is 24.3. The van der Waals surface area contributed by atoms with Gasteiger partial charge < -0.3 is 9.47 Å². The van der Waals surface area contributed by atoms with Crippen molar-refractivity contribution in [2.24, 2.45) is 50.7 Å². The van der Waals surface area contributed by atoms with Crippen molar-refractivity contribution < 1.29 is 14.3 Å². The fraction of sp³-hybridized carbons (Fsp3) is 0.839. The van der Waals surface area contributed by atoms with Crippen LogP contribution in [0.25, 0.3) is 0 Å². The molecule has 0 aromatic heterocycles. The second-order valence-electron chi connectivity index (χ2n) is 14.4. The van der Waals surface area contributed by atoms with Gasteiger partial charge in [0.25, 0.3) is 0 Å². The van der Waals surface area contributed by atoms with Crippen molar-refractivity contribution in [3.8, 4) is 0 Å². The van der Waals surface area contributed by atoms with Crippen LogP contribution >= 0.6 is 0 Å². The molecule has 0 radical (unpaired) electrons. The molecule has 1 saturated heterocycles.